The molecule has 0 N–H and O–H groups in total. The van der Waals surface area contributed by atoms with Crippen LogP contribution in [0.5, 0.6) is 0 Å². The molecule has 0 aromatic heterocycles. The molecule has 0 radical (unpaired) electrons. The summed E-state index contributed by atoms with van der Waals surface area (Å²) in [7, 11) is -2.84. The third-order valence-electron chi connectivity index (χ3n) is 0.988. The highest BCUT2D eigenvalue weighted by Crippen LogP contribution is 2.22. The molecule has 0 aliphatic rings. The first-order valence-electron chi connectivity index (χ1n) is 3.55. The first kappa shape index (κ1) is 12.9. The lowest BCUT2D eigenvalue weighted by Gasteiger charge is -2.00. The molecule has 0 heterocycles. The maximum absolute atomic E-state index is 10.7. The van der Waals surface area contributed by atoms with E-state index in [-0.39, 0.29) is 13.2 Å². The zero-order valence-electron chi connectivity index (χ0n) is 7.08. The van der Waals surface area contributed by atoms with Gasteiger partial charge in [0.15, 0.2) is 0 Å². The van der Waals surface area contributed by atoms with Crippen molar-refractivity contribution in [2.45, 2.75) is 0 Å². The molecule has 9 nitrogen and oxygen atoms in total. The van der Waals surface area contributed by atoms with Gasteiger partial charge in [0.1, 0.15) is 13.2 Å². The van der Waals surface area contributed by atoms with Gasteiger partial charge in [0.05, 0.1) is 0 Å². The Bertz CT molecular complexity index is 210. The quantitative estimate of drug-likeness (QED) is 0.324. The molecule has 0 aromatic carbocycles. The second-order valence-corrected chi connectivity index (χ2v) is 3.14. The molecule has 0 bridgehead atoms. The summed E-state index contributed by atoms with van der Waals surface area (Å²) in [6, 6.07) is 0. The Labute approximate surface area is 79.2 Å². The van der Waals surface area contributed by atoms with E-state index in [2.05, 4.69) is 9.05 Å². The van der Waals surface area contributed by atoms with Crippen molar-refractivity contribution >= 4 is 8.25 Å². The summed E-state index contributed by atoms with van der Waals surface area (Å²) in [4.78, 5) is 18.3. The van der Waals surface area contributed by atoms with E-state index in [1.165, 1.54) is 0 Å². The van der Waals surface area contributed by atoms with Gasteiger partial charge < -0.3 is 9.05 Å². The summed E-state index contributed by atoms with van der Waals surface area (Å²) in [6.07, 6.45) is 0. The van der Waals surface area contributed by atoms with Gasteiger partial charge in [-0.15, -0.1) is 0 Å². The van der Waals surface area contributed by atoms with Gasteiger partial charge in [-0.1, -0.05) is 0 Å². The Hall–Kier alpha value is -1.05. The van der Waals surface area contributed by atoms with Gasteiger partial charge in [-0.3, -0.25) is 24.8 Å². The minimum atomic E-state index is -2.84. The zero-order valence-corrected chi connectivity index (χ0v) is 8.08. The third kappa shape index (κ3) is 9.04. The second-order valence-electron chi connectivity index (χ2n) is 2.06. The van der Waals surface area contributed by atoms with E-state index in [1.807, 2.05) is 0 Å². The fourth-order valence-electron chi connectivity index (χ4n) is 0.449. The van der Waals surface area contributed by atoms with Crippen LogP contribution in [-0.2, 0) is 13.6 Å². The van der Waals surface area contributed by atoms with Crippen LogP contribution in [0.15, 0.2) is 0 Å². The Kier molecular flexibility index (Phi) is 6.81. The maximum atomic E-state index is 10.7. The second kappa shape index (κ2) is 7.36. The van der Waals surface area contributed by atoms with Crippen LogP contribution in [0.4, 0.5) is 0 Å². The number of nitrogens with zero attached hydrogens (tertiary/aromatic N) is 2. The molecular weight excluding hydrogens is 219 g/mol. The van der Waals surface area contributed by atoms with E-state index in [9.17, 15) is 24.8 Å². The monoisotopic (exact) mass is 228 g/mol. The van der Waals surface area contributed by atoms with Gasteiger partial charge in [0.2, 0.25) is 13.1 Å². The van der Waals surface area contributed by atoms with E-state index in [1.54, 1.807) is 0 Å². The number of hydrogen-bond acceptors (Lipinski definition) is 7. The number of nitro groups is 2. The standard InChI is InChI=1S/C4H9N2O7P/c7-5(8)1-3-12-14(11)13-4-2-6(9)10/h14H,1-4H2. The molecule has 0 aromatic rings. The summed E-state index contributed by atoms with van der Waals surface area (Å²) in [5.41, 5.74) is 0. The number of hydrogen-bond donors (Lipinski definition) is 0. The van der Waals surface area contributed by atoms with Gasteiger partial charge in [-0.05, 0) is 0 Å². The third-order valence-corrected chi connectivity index (χ3v) is 1.87. The van der Waals surface area contributed by atoms with Crippen LogP contribution in [0, 0.1) is 20.2 Å². The first-order chi connectivity index (χ1) is 6.52. The molecule has 0 aliphatic heterocycles. The largest absolute Gasteiger partial charge is 0.319 e. The molecule has 10 heteroatoms. The molecule has 0 unspecified atom stereocenters. The van der Waals surface area contributed by atoms with Crippen molar-refractivity contribution in [3.8, 4) is 0 Å². The number of rotatable bonds is 8. The first-order valence-corrected chi connectivity index (χ1v) is 4.78. The van der Waals surface area contributed by atoms with Gasteiger partial charge >= 0.3 is 8.25 Å². The van der Waals surface area contributed by atoms with E-state index < -0.39 is 31.2 Å². The summed E-state index contributed by atoms with van der Waals surface area (Å²) in [6.45, 7) is -1.61. The SMILES string of the molecule is O=[N+]([O-])CCO[PH](=O)OCC[N+](=O)[O-]. The van der Waals surface area contributed by atoms with Crippen molar-refractivity contribution in [3.63, 3.8) is 0 Å². The highest BCUT2D eigenvalue weighted by atomic mass is 31.1. The molecule has 0 amide bonds. The molecule has 0 spiro atoms. The van der Waals surface area contributed by atoms with E-state index in [0.717, 1.165) is 0 Å². The fourth-order valence-corrected chi connectivity index (χ4v) is 1.05. The predicted octanol–water partition coefficient (Wildman–Crippen LogP) is -0.0373. The van der Waals surface area contributed by atoms with Crippen molar-refractivity contribution in [1.29, 1.82) is 0 Å². The Balaban J connectivity index is 3.37. The minimum absolute atomic E-state index is 0.330. The zero-order chi connectivity index (χ0) is 11.0. The molecule has 0 atom stereocenters. The Morgan fingerprint density at radius 2 is 1.36 bits per heavy atom. The molecule has 0 rings (SSSR count). The average molecular weight is 228 g/mol. The summed E-state index contributed by atoms with van der Waals surface area (Å²) in [5, 5.41) is 19.6. The minimum Gasteiger partial charge on any atom is -0.304 e. The van der Waals surface area contributed by atoms with Crippen LogP contribution in [0.1, 0.15) is 0 Å². The van der Waals surface area contributed by atoms with Gasteiger partial charge in [-0.25, -0.2) is 0 Å². The van der Waals surface area contributed by atoms with Crippen LogP contribution < -0.4 is 0 Å². The van der Waals surface area contributed by atoms with E-state index in [0.29, 0.717) is 0 Å². The van der Waals surface area contributed by atoms with Gasteiger partial charge in [-0.2, -0.15) is 0 Å². The van der Waals surface area contributed by atoms with Crippen LogP contribution in [0.25, 0.3) is 0 Å². The van der Waals surface area contributed by atoms with Crippen LogP contribution in [-0.4, -0.2) is 36.1 Å². The Morgan fingerprint density at radius 3 is 1.64 bits per heavy atom. The highest BCUT2D eigenvalue weighted by molar-refractivity contribution is 7.33. The Morgan fingerprint density at radius 1 is 1.00 bits per heavy atom. The highest BCUT2D eigenvalue weighted by Gasteiger charge is 2.05. The summed E-state index contributed by atoms with van der Waals surface area (Å²) < 4.78 is 19.5. The van der Waals surface area contributed by atoms with Crippen molar-refractivity contribution < 1.29 is 23.5 Å². The summed E-state index contributed by atoms with van der Waals surface area (Å²) >= 11 is 0. The lowest BCUT2D eigenvalue weighted by atomic mass is 10.7. The maximum Gasteiger partial charge on any atom is 0.319 e. The van der Waals surface area contributed by atoms with Crippen LogP contribution in [0.3, 0.4) is 0 Å². The van der Waals surface area contributed by atoms with Gasteiger partial charge in [0, 0.05) is 9.85 Å². The predicted molar refractivity (Wildman–Crippen MR) is 44.6 cm³/mol. The van der Waals surface area contributed by atoms with E-state index >= 15 is 0 Å². The molecule has 0 saturated heterocycles. The van der Waals surface area contributed by atoms with E-state index in [4.69, 9.17) is 0 Å². The molecule has 82 valence electrons. The normalized spacial score (nSPS) is 10.4. The summed E-state index contributed by atoms with van der Waals surface area (Å²) in [5.74, 6) is 0. The average Bonchev–Trinajstić information content (AvgIpc) is 2.02. The molecule has 0 aliphatic carbocycles. The molecule has 14 heavy (non-hydrogen) atoms. The van der Waals surface area contributed by atoms with Crippen molar-refractivity contribution in [2.24, 2.45) is 0 Å². The van der Waals surface area contributed by atoms with Crippen LogP contribution >= 0.6 is 8.25 Å². The van der Waals surface area contributed by atoms with Crippen LogP contribution in [0.2, 0.25) is 0 Å². The van der Waals surface area contributed by atoms with Crippen molar-refractivity contribution in [2.75, 3.05) is 26.3 Å². The smallest absolute Gasteiger partial charge is 0.304 e. The lowest BCUT2D eigenvalue weighted by Crippen LogP contribution is -2.08. The fraction of sp³-hybridized carbons (Fsp3) is 1.00. The molecular formula is C4H9N2O7P. The van der Waals surface area contributed by atoms with Crippen molar-refractivity contribution in [3.05, 3.63) is 20.2 Å². The topological polar surface area (TPSA) is 122 Å². The lowest BCUT2D eigenvalue weighted by molar-refractivity contribution is -0.482. The molecule has 0 saturated carbocycles. The molecule has 0 fully saturated rings. The van der Waals surface area contributed by atoms with Crippen molar-refractivity contribution in [1.82, 2.24) is 0 Å². The van der Waals surface area contributed by atoms with Gasteiger partial charge in [0.25, 0.3) is 0 Å².